The number of nitro benzene ring substituents is 3. The number of hydrogen-bond donors (Lipinski definition) is 1. The summed E-state index contributed by atoms with van der Waals surface area (Å²) in [6.07, 6.45) is 1.16. The van der Waals surface area contributed by atoms with Crippen molar-refractivity contribution in [2.24, 2.45) is 5.10 Å². The molecule has 186 valence electrons. The van der Waals surface area contributed by atoms with Crippen molar-refractivity contribution in [3.63, 3.8) is 0 Å². The van der Waals surface area contributed by atoms with E-state index >= 15 is 0 Å². The molecule has 3 aromatic carbocycles. The van der Waals surface area contributed by atoms with Gasteiger partial charge in [0.25, 0.3) is 11.4 Å². The van der Waals surface area contributed by atoms with Crippen LogP contribution in [0.25, 0.3) is 0 Å². The van der Waals surface area contributed by atoms with E-state index in [4.69, 9.17) is 8.92 Å². The predicted octanol–water partition coefficient (Wildman–Crippen LogP) is 3.63. The molecule has 36 heavy (non-hydrogen) atoms. The predicted molar refractivity (Wildman–Crippen MR) is 125 cm³/mol. The van der Waals surface area contributed by atoms with Gasteiger partial charge in [0, 0.05) is 12.1 Å². The van der Waals surface area contributed by atoms with Gasteiger partial charge >= 0.3 is 15.8 Å². The van der Waals surface area contributed by atoms with Crippen molar-refractivity contribution in [1.82, 2.24) is 0 Å². The van der Waals surface area contributed by atoms with Crippen molar-refractivity contribution in [2.45, 2.75) is 4.90 Å². The van der Waals surface area contributed by atoms with Gasteiger partial charge in [0.05, 0.1) is 34.2 Å². The molecule has 0 aromatic heterocycles. The van der Waals surface area contributed by atoms with Crippen LogP contribution in [0.5, 0.6) is 11.5 Å². The van der Waals surface area contributed by atoms with Crippen LogP contribution in [0.2, 0.25) is 0 Å². The fraction of sp³-hybridized carbons (Fsp3) is 0.0500. The van der Waals surface area contributed by atoms with Crippen molar-refractivity contribution in [1.29, 1.82) is 0 Å². The molecular formula is C20H15N5O10S. The molecule has 0 aliphatic heterocycles. The Hall–Kier alpha value is -5.12. The fourth-order valence-corrected chi connectivity index (χ4v) is 3.98. The second-order valence-electron chi connectivity index (χ2n) is 6.76. The summed E-state index contributed by atoms with van der Waals surface area (Å²) in [5.74, 6) is -0.311. The van der Waals surface area contributed by atoms with Crippen LogP contribution in [0, 0.1) is 30.3 Å². The molecule has 15 nitrogen and oxygen atoms in total. The van der Waals surface area contributed by atoms with E-state index < -0.39 is 46.8 Å². The summed E-state index contributed by atoms with van der Waals surface area (Å²) in [7, 11) is -3.39. The van der Waals surface area contributed by atoms with E-state index in [1.54, 1.807) is 0 Å². The molecule has 0 spiro atoms. The van der Waals surface area contributed by atoms with Gasteiger partial charge in [-0.05, 0) is 35.9 Å². The number of non-ortho nitro benzene ring substituents is 1. The van der Waals surface area contributed by atoms with Crippen LogP contribution in [0.1, 0.15) is 5.56 Å². The van der Waals surface area contributed by atoms with E-state index in [0.29, 0.717) is 0 Å². The Morgan fingerprint density at radius 3 is 2.19 bits per heavy atom. The first-order valence-corrected chi connectivity index (χ1v) is 11.0. The van der Waals surface area contributed by atoms with Crippen LogP contribution in [0.4, 0.5) is 22.7 Å². The third kappa shape index (κ3) is 5.68. The Morgan fingerprint density at radius 1 is 0.861 bits per heavy atom. The fourth-order valence-electron chi connectivity index (χ4n) is 2.88. The van der Waals surface area contributed by atoms with Crippen molar-refractivity contribution < 1.29 is 32.1 Å². The molecule has 1 N–H and O–H groups in total. The average Bonchev–Trinajstić information content (AvgIpc) is 2.84. The SMILES string of the molecule is COc1ccc(/C=N\Nc2ccc([N+](=O)[O-])cc2[N+](=O)[O-])cc1OS(=O)(=O)c1ccccc1[N+](=O)[O-]. The van der Waals surface area contributed by atoms with Gasteiger partial charge in [0.1, 0.15) is 5.69 Å². The number of nitro groups is 3. The van der Waals surface area contributed by atoms with Gasteiger partial charge in [-0.2, -0.15) is 13.5 Å². The second-order valence-corrected chi connectivity index (χ2v) is 8.27. The lowest BCUT2D eigenvalue weighted by atomic mass is 10.2. The molecule has 3 rings (SSSR count). The van der Waals surface area contributed by atoms with Gasteiger partial charge in [-0.25, -0.2) is 0 Å². The molecular weight excluding hydrogens is 502 g/mol. The maximum Gasteiger partial charge on any atom is 0.346 e. The van der Waals surface area contributed by atoms with E-state index in [-0.39, 0.29) is 22.7 Å². The van der Waals surface area contributed by atoms with Crippen molar-refractivity contribution in [3.8, 4) is 11.5 Å². The summed E-state index contributed by atoms with van der Waals surface area (Å²) in [5, 5.41) is 37.1. The maximum absolute atomic E-state index is 12.7. The van der Waals surface area contributed by atoms with Crippen molar-refractivity contribution in [3.05, 3.63) is 96.6 Å². The number of ether oxygens (including phenoxy) is 1. The van der Waals surface area contributed by atoms with E-state index in [1.807, 2.05) is 0 Å². The molecule has 0 saturated carbocycles. The quantitative estimate of drug-likeness (QED) is 0.178. The summed E-state index contributed by atoms with van der Waals surface area (Å²) >= 11 is 0. The molecule has 0 saturated heterocycles. The van der Waals surface area contributed by atoms with E-state index in [1.165, 1.54) is 37.4 Å². The summed E-state index contributed by atoms with van der Waals surface area (Å²) in [4.78, 5) is 30.2. The third-order valence-electron chi connectivity index (χ3n) is 4.51. The van der Waals surface area contributed by atoms with Crippen LogP contribution < -0.4 is 14.3 Å². The lowest BCUT2D eigenvalue weighted by Gasteiger charge is -2.11. The zero-order chi connectivity index (χ0) is 26.5. The first-order valence-electron chi connectivity index (χ1n) is 9.61. The molecule has 3 aromatic rings. The number of anilines is 1. The summed E-state index contributed by atoms with van der Waals surface area (Å²) in [5.41, 5.74) is 0.765. The minimum Gasteiger partial charge on any atom is -0.493 e. The summed E-state index contributed by atoms with van der Waals surface area (Å²) in [6.45, 7) is 0. The smallest absolute Gasteiger partial charge is 0.346 e. The maximum atomic E-state index is 12.7. The van der Waals surface area contributed by atoms with Gasteiger partial charge in [-0.1, -0.05) is 12.1 Å². The van der Waals surface area contributed by atoms with Crippen LogP contribution >= 0.6 is 0 Å². The highest BCUT2D eigenvalue weighted by atomic mass is 32.2. The number of hydrogen-bond acceptors (Lipinski definition) is 12. The molecule has 0 unspecified atom stereocenters. The minimum absolute atomic E-state index is 0.00623. The normalized spacial score (nSPS) is 11.1. The topological polar surface area (TPSA) is 206 Å². The molecule has 0 aliphatic rings. The molecule has 0 radical (unpaired) electrons. The Morgan fingerprint density at radius 2 is 1.56 bits per heavy atom. The average molecular weight is 517 g/mol. The van der Waals surface area contributed by atoms with E-state index in [9.17, 15) is 38.8 Å². The van der Waals surface area contributed by atoms with Crippen LogP contribution in [-0.4, -0.2) is 36.5 Å². The molecule has 0 heterocycles. The highest BCUT2D eigenvalue weighted by molar-refractivity contribution is 7.87. The highest BCUT2D eigenvalue weighted by Crippen LogP contribution is 2.33. The van der Waals surface area contributed by atoms with E-state index in [0.717, 1.165) is 36.5 Å². The highest BCUT2D eigenvalue weighted by Gasteiger charge is 2.28. The monoisotopic (exact) mass is 517 g/mol. The van der Waals surface area contributed by atoms with Crippen molar-refractivity contribution in [2.75, 3.05) is 12.5 Å². The minimum atomic E-state index is -4.64. The number of nitrogens with zero attached hydrogens (tertiary/aromatic N) is 4. The van der Waals surface area contributed by atoms with Gasteiger partial charge in [0.2, 0.25) is 0 Å². The number of rotatable bonds is 10. The Balaban J connectivity index is 1.89. The molecule has 0 aliphatic carbocycles. The number of nitrogens with one attached hydrogen (secondary N) is 1. The number of para-hydroxylation sites is 1. The molecule has 0 amide bonds. The van der Waals surface area contributed by atoms with Crippen LogP contribution in [0.3, 0.4) is 0 Å². The van der Waals surface area contributed by atoms with Gasteiger partial charge in [0.15, 0.2) is 16.4 Å². The van der Waals surface area contributed by atoms with Crippen LogP contribution in [0.15, 0.2) is 70.7 Å². The third-order valence-corrected chi connectivity index (χ3v) is 5.79. The second kappa shape index (κ2) is 10.4. The molecule has 0 fully saturated rings. The number of methoxy groups -OCH3 is 1. The summed E-state index contributed by atoms with van der Waals surface area (Å²) in [6, 6.07) is 11.6. The first kappa shape index (κ1) is 25.5. The van der Waals surface area contributed by atoms with E-state index in [2.05, 4.69) is 10.5 Å². The number of benzene rings is 3. The largest absolute Gasteiger partial charge is 0.493 e. The zero-order valence-electron chi connectivity index (χ0n) is 18.1. The van der Waals surface area contributed by atoms with Gasteiger partial charge < -0.3 is 8.92 Å². The van der Waals surface area contributed by atoms with Crippen LogP contribution in [-0.2, 0) is 10.1 Å². The molecule has 0 bridgehead atoms. The standard InChI is InChI=1S/C20H15N5O10S/c1-34-18-9-6-13(12-21-22-15-8-7-14(23(26)27)11-17(15)25(30)31)10-19(18)35-36(32,33)20-5-3-2-4-16(20)24(28)29/h2-12,22H,1H3/b21-12-. The van der Waals surface area contributed by atoms with Crippen molar-refractivity contribution >= 4 is 39.1 Å². The van der Waals surface area contributed by atoms with Gasteiger partial charge in [-0.15, -0.1) is 0 Å². The Kier molecular flexibility index (Phi) is 7.39. The molecule has 0 atom stereocenters. The molecule has 16 heteroatoms. The Labute approximate surface area is 202 Å². The lowest BCUT2D eigenvalue weighted by Crippen LogP contribution is -2.12. The summed E-state index contributed by atoms with van der Waals surface area (Å²) < 4.78 is 35.7. The zero-order valence-corrected chi connectivity index (χ0v) is 18.9. The first-order chi connectivity index (χ1) is 17.0. The van der Waals surface area contributed by atoms with Gasteiger partial charge in [-0.3, -0.25) is 35.8 Å². The lowest BCUT2D eigenvalue weighted by molar-refractivity contribution is -0.393. The Bertz CT molecular complexity index is 1490. The number of hydrazone groups is 1.